The van der Waals surface area contributed by atoms with Crippen molar-refractivity contribution in [2.24, 2.45) is 0 Å². The first-order valence-corrected chi connectivity index (χ1v) is 5.85. The highest BCUT2D eigenvalue weighted by Crippen LogP contribution is 2.19. The summed E-state index contributed by atoms with van der Waals surface area (Å²) in [7, 11) is 0. The molecule has 3 heteroatoms. The highest BCUT2D eigenvalue weighted by atomic mass is 35.5. The Balaban J connectivity index is 2.58. The molecule has 0 bridgehead atoms. The summed E-state index contributed by atoms with van der Waals surface area (Å²) < 4.78 is 1.96. The number of hydrogen-bond donors (Lipinski definition) is 0. The van der Waals surface area contributed by atoms with Crippen molar-refractivity contribution in [3.63, 3.8) is 0 Å². The molecule has 0 aliphatic heterocycles. The minimum absolute atomic E-state index is 0.457. The number of hydrogen-bond acceptors (Lipinski definition) is 1. The van der Waals surface area contributed by atoms with Crippen LogP contribution in [0.5, 0.6) is 0 Å². The summed E-state index contributed by atoms with van der Waals surface area (Å²) in [6.45, 7) is 6.27. The summed E-state index contributed by atoms with van der Waals surface area (Å²) in [5, 5.41) is 4.49. The molecule has 2 rings (SSSR count). The van der Waals surface area contributed by atoms with Gasteiger partial charge in [-0.2, -0.15) is 5.10 Å². The van der Waals surface area contributed by atoms with Crippen LogP contribution in [0.15, 0.2) is 24.3 Å². The number of rotatable bonds is 2. The van der Waals surface area contributed by atoms with Crippen molar-refractivity contribution in [3.05, 3.63) is 46.8 Å². The standard InChI is InChI=1S/C13H15ClN2/c1-9-5-4-6-13(11(9)3)16-10(2)7-12(8-14)15-16/h4-7H,8H2,1-3H3. The molecule has 1 aromatic carbocycles. The van der Waals surface area contributed by atoms with Gasteiger partial charge in [0, 0.05) is 5.69 Å². The van der Waals surface area contributed by atoms with Gasteiger partial charge in [0.25, 0.3) is 0 Å². The van der Waals surface area contributed by atoms with Gasteiger partial charge < -0.3 is 0 Å². The molecule has 0 saturated carbocycles. The lowest BCUT2D eigenvalue weighted by molar-refractivity contribution is 0.823. The molecule has 0 spiro atoms. The highest BCUT2D eigenvalue weighted by Gasteiger charge is 2.08. The Hall–Kier alpha value is -1.28. The predicted molar refractivity (Wildman–Crippen MR) is 67.3 cm³/mol. The van der Waals surface area contributed by atoms with Crippen molar-refractivity contribution < 1.29 is 0 Å². The van der Waals surface area contributed by atoms with Crippen LogP contribution in [-0.2, 0) is 5.88 Å². The van der Waals surface area contributed by atoms with Crippen LogP contribution >= 0.6 is 11.6 Å². The van der Waals surface area contributed by atoms with Crippen molar-refractivity contribution in [2.75, 3.05) is 0 Å². The van der Waals surface area contributed by atoms with Crippen molar-refractivity contribution in [1.82, 2.24) is 9.78 Å². The zero-order valence-corrected chi connectivity index (χ0v) is 10.5. The maximum Gasteiger partial charge on any atom is 0.0779 e. The van der Waals surface area contributed by atoms with Crippen molar-refractivity contribution >= 4 is 11.6 Å². The summed E-state index contributed by atoms with van der Waals surface area (Å²) in [5.41, 5.74) is 5.70. The van der Waals surface area contributed by atoms with Gasteiger partial charge in [-0.05, 0) is 44.0 Å². The van der Waals surface area contributed by atoms with Crippen LogP contribution in [0.25, 0.3) is 5.69 Å². The van der Waals surface area contributed by atoms with Crippen LogP contribution in [0.1, 0.15) is 22.5 Å². The third-order valence-electron chi connectivity index (χ3n) is 2.88. The van der Waals surface area contributed by atoms with E-state index >= 15 is 0 Å². The third kappa shape index (κ3) is 1.85. The molecule has 16 heavy (non-hydrogen) atoms. The molecule has 1 aromatic heterocycles. The van der Waals surface area contributed by atoms with E-state index < -0.39 is 0 Å². The molecule has 0 radical (unpaired) electrons. The van der Waals surface area contributed by atoms with Crippen molar-refractivity contribution in [3.8, 4) is 5.69 Å². The van der Waals surface area contributed by atoms with Gasteiger partial charge in [0.2, 0.25) is 0 Å². The lowest BCUT2D eigenvalue weighted by Gasteiger charge is -2.10. The fourth-order valence-electron chi connectivity index (χ4n) is 1.81. The van der Waals surface area contributed by atoms with Gasteiger partial charge >= 0.3 is 0 Å². The van der Waals surface area contributed by atoms with E-state index in [1.165, 1.54) is 11.1 Å². The molecule has 1 heterocycles. The summed E-state index contributed by atoms with van der Waals surface area (Å²) in [6.07, 6.45) is 0. The second-order valence-corrected chi connectivity index (χ2v) is 4.31. The van der Waals surface area contributed by atoms with E-state index in [1.54, 1.807) is 0 Å². The van der Waals surface area contributed by atoms with Crippen LogP contribution in [0.2, 0.25) is 0 Å². The molecule has 2 nitrogen and oxygen atoms in total. The molecular formula is C13H15ClN2. The molecule has 0 aliphatic rings. The SMILES string of the molecule is Cc1cccc(-n2nc(CCl)cc2C)c1C. The zero-order chi connectivity index (χ0) is 11.7. The van der Waals surface area contributed by atoms with Gasteiger partial charge in [0.15, 0.2) is 0 Å². The number of benzene rings is 1. The molecule has 0 saturated heterocycles. The lowest BCUT2D eigenvalue weighted by Crippen LogP contribution is -2.02. The second kappa shape index (κ2) is 4.30. The van der Waals surface area contributed by atoms with E-state index in [4.69, 9.17) is 11.6 Å². The number of aryl methyl sites for hydroxylation is 2. The van der Waals surface area contributed by atoms with E-state index in [1.807, 2.05) is 17.7 Å². The maximum absolute atomic E-state index is 5.79. The molecule has 0 fully saturated rings. The highest BCUT2D eigenvalue weighted by molar-refractivity contribution is 6.16. The zero-order valence-electron chi connectivity index (χ0n) is 9.79. The topological polar surface area (TPSA) is 17.8 Å². The first-order valence-electron chi connectivity index (χ1n) is 5.31. The van der Waals surface area contributed by atoms with Crippen LogP contribution in [-0.4, -0.2) is 9.78 Å². The average Bonchev–Trinajstić information content (AvgIpc) is 2.64. The predicted octanol–water partition coefficient (Wildman–Crippen LogP) is 3.54. The Morgan fingerprint density at radius 1 is 1.25 bits per heavy atom. The Bertz CT molecular complexity index is 515. The van der Waals surface area contributed by atoms with Crippen LogP contribution in [0.3, 0.4) is 0 Å². The number of nitrogens with zero attached hydrogens (tertiary/aromatic N) is 2. The summed E-state index contributed by atoms with van der Waals surface area (Å²) >= 11 is 5.79. The quantitative estimate of drug-likeness (QED) is 0.727. The van der Waals surface area contributed by atoms with Crippen molar-refractivity contribution in [2.45, 2.75) is 26.7 Å². The normalized spacial score (nSPS) is 10.8. The summed E-state index contributed by atoms with van der Waals surface area (Å²) in [5.74, 6) is 0.457. The van der Waals surface area contributed by atoms with Gasteiger partial charge in [0.1, 0.15) is 0 Å². The van der Waals surface area contributed by atoms with E-state index in [2.05, 4.69) is 37.1 Å². The van der Waals surface area contributed by atoms with E-state index in [9.17, 15) is 0 Å². The fourth-order valence-corrected chi connectivity index (χ4v) is 1.94. The van der Waals surface area contributed by atoms with Gasteiger partial charge in [-0.3, -0.25) is 0 Å². The first kappa shape index (κ1) is 11.2. The van der Waals surface area contributed by atoms with Gasteiger partial charge in [0.05, 0.1) is 17.3 Å². The largest absolute Gasteiger partial charge is 0.238 e. The lowest BCUT2D eigenvalue weighted by atomic mass is 10.1. The van der Waals surface area contributed by atoms with Gasteiger partial charge in [-0.15, -0.1) is 11.6 Å². The monoisotopic (exact) mass is 234 g/mol. The van der Waals surface area contributed by atoms with E-state index in [0.29, 0.717) is 5.88 Å². The fraction of sp³-hybridized carbons (Fsp3) is 0.308. The number of aromatic nitrogens is 2. The molecule has 2 aromatic rings. The maximum atomic E-state index is 5.79. The average molecular weight is 235 g/mol. The Morgan fingerprint density at radius 3 is 2.62 bits per heavy atom. The number of alkyl halides is 1. The summed E-state index contributed by atoms with van der Waals surface area (Å²) in [6, 6.07) is 8.27. The van der Waals surface area contributed by atoms with Crippen LogP contribution in [0.4, 0.5) is 0 Å². The van der Waals surface area contributed by atoms with E-state index in [-0.39, 0.29) is 0 Å². The summed E-state index contributed by atoms with van der Waals surface area (Å²) in [4.78, 5) is 0. The Morgan fingerprint density at radius 2 is 2.00 bits per heavy atom. The molecule has 0 unspecified atom stereocenters. The molecule has 0 N–H and O–H groups in total. The van der Waals surface area contributed by atoms with Crippen LogP contribution in [0, 0.1) is 20.8 Å². The Kier molecular flexibility index (Phi) is 3.01. The van der Waals surface area contributed by atoms with Crippen LogP contribution < -0.4 is 0 Å². The Labute approximate surface area is 101 Å². The minimum Gasteiger partial charge on any atom is -0.238 e. The second-order valence-electron chi connectivity index (χ2n) is 4.04. The first-order chi connectivity index (χ1) is 7.63. The molecular weight excluding hydrogens is 220 g/mol. The third-order valence-corrected chi connectivity index (χ3v) is 3.15. The smallest absolute Gasteiger partial charge is 0.0779 e. The minimum atomic E-state index is 0.457. The van der Waals surface area contributed by atoms with Crippen molar-refractivity contribution in [1.29, 1.82) is 0 Å². The van der Waals surface area contributed by atoms with E-state index in [0.717, 1.165) is 17.1 Å². The molecule has 84 valence electrons. The molecule has 0 aliphatic carbocycles. The number of halogens is 1. The molecule has 0 atom stereocenters. The van der Waals surface area contributed by atoms with Gasteiger partial charge in [-0.1, -0.05) is 12.1 Å². The van der Waals surface area contributed by atoms with Gasteiger partial charge in [-0.25, -0.2) is 4.68 Å². The molecule has 0 amide bonds.